The number of tetrazole rings is 1. The Balaban J connectivity index is 1.68. The van der Waals surface area contributed by atoms with E-state index in [2.05, 4.69) is 27.7 Å². The van der Waals surface area contributed by atoms with Crippen molar-refractivity contribution in [1.29, 1.82) is 0 Å². The van der Waals surface area contributed by atoms with Gasteiger partial charge >= 0.3 is 5.97 Å². The lowest BCUT2D eigenvalue weighted by molar-refractivity contribution is -0.116. The van der Waals surface area contributed by atoms with E-state index in [1.54, 1.807) is 12.1 Å². The highest BCUT2D eigenvalue weighted by Gasteiger charge is 2.14. The largest absolute Gasteiger partial charge is 0.478 e. The Morgan fingerprint density at radius 3 is 2.32 bits per heavy atom. The molecule has 144 valence electrons. The zero-order valence-corrected chi connectivity index (χ0v) is 16.7. The molecule has 1 aromatic heterocycles. The Hall–Kier alpha value is -3.00. The third-order valence-electron chi connectivity index (χ3n) is 4.38. The zero-order chi connectivity index (χ0) is 20.3. The maximum absolute atomic E-state index is 12.5. The molecule has 7 nitrogen and oxygen atoms in total. The van der Waals surface area contributed by atoms with Gasteiger partial charge in [-0.25, -0.2) is 4.79 Å². The van der Waals surface area contributed by atoms with E-state index in [1.165, 1.54) is 34.1 Å². The van der Waals surface area contributed by atoms with Crippen molar-refractivity contribution in [3.8, 4) is 5.69 Å². The fourth-order valence-corrected chi connectivity index (χ4v) is 3.81. The second kappa shape index (κ2) is 8.35. The first-order chi connectivity index (χ1) is 13.3. The summed E-state index contributed by atoms with van der Waals surface area (Å²) < 4.78 is 1.49. The SMILES string of the molecule is Cc1cc(C)c(CC(=O)CSc2nnnn2-c2ccc(C(=O)O)cc2)c(C)c1. The highest BCUT2D eigenvalue weighted by Crippen LogP contribution is 2.21. The van der Waals surface area contributed by atoms with Gasteiger partial charge in [0.15, 0.2) is 0 Å². The molecule has 1 N–H and O–H groups in total. The molecule has 0 unspecified atom stereocenters. The topological polar surface area (TPSA) is 98.0 Å². The molecule has 0 radical (unpaired) electrons. The number of rotatable bonds is 7. The number of aryl methyl sites for hydroxylation is 3. The number of carbonyl (C=O) groups excluding carboxylic acids is 1. The lowest BCUT2D eigenvalue weighted by Gasteiger charge is -2.10. The van der Waals surface area contributed by atoms with Gasteiger partial charge in [-0.1, -0.05) is 29.5 Å². The number of aromatic nitrogens is 4. The van der Waals surface area contributed by atoms with Gasteiger partial charge in [-0.15, -0.1) is 5.10 Å². The van der Waals surface area contributed by atoms with Crippen LogP contribution in [-0.2, 0) is 11.2 Å². The van der Waals surface area contributed by atoms with Gasteiger partial charge in [0.05, 0.1) is 17.0 Å². The van der Waals surface area contributed by atoms with Gasteiger partial charge in [0.25, 0.3) is 0 Å². The summed E-state index contributed by atoms with van der Waals surface area (Å²) in [6, 6.07) is 10.4. The van der Waals surface area contributed by atoms with Gasteiger partial charge < -0.3 is 5.11 Å². The van der Waals surface area contributed by atoms with Gasteiger partial charge in [0, 0.05) is 6.42 Å². The highest BCUT2D eigenvalue weighted by atomic mass is 32.2. The van der Waals surface area contributed by atoms with Crippen LogP contribution in [0.4, 0.5) is 0 Å². The number of carbonyl (C=O) groups is 2. The number of benzene rings is 2. The van der Waals surface area contributed by atoms with Crippen molar-refractivity contribution in [1.82, 2.24) is 20.2 Å². The number of nitrogens with zero attached hydrogens (tertiary/aromatic N) is 4. The molecule has 0 atom stereocenters. The minimum absolute atomic E-state index is 0.0934. The van der Waals surface area contributed by atoms with Crippen LogP contribution in [0, 0.1) is 20.8 Å². The number of hydrogen-bond donors (Lipinski definition) is 1. The van der Waals surface area contributed by atoms with Crippen LogP contribution in [-0.4, -0.2) is 42.8 Å². The fourth-order valence-electron chi connectivity index (χ4n) is 3.06. The molecule has 0 amide bonds. The van der Waals surface area contributed by atoms with Gasteiger partial charge in [-0.2, -0.15) is 4.68 Å². The van der Waals surface area contributed by atoms with Crippen LogP contribution in [0.3, 0.4) is 0 Å². The Labute approximate surface area is 166 Å². The van der Waals surface area contributed by atoms with Crippen LogP contribution < -0.4 is 0 Å². The molecule has 3 aromatic rings. The fraction of sp³-hybridized carbons (Fsp3) is 0.250. The third-order valence-corrected chi connectivity index (χ3v) is 5.36. The highest BCUT2D eigenvalue weighted by molar-refractivity contribution is 7.99. The van der Waals surface area contributed by atoms with Gasteiger partial charge in [0.2, 0.25) is 5.16 Å². The number of ketones is 1. The van der Waals surface area contributed by atoms with Crippen LogP contribution in [0.15, 0.2) is 41.6 Å². The van der Waals surface area contributed by atoms with E-state index in [9.17, 15) is 9.59 Å². The average molecular weight is 396 g/mol. The predicted molar refractivity (Wildman–Crippen MR) is 106 cm³/mol. The standard InChI is InChI=1S/C20H20N4O3S/c1-12-8-13(2)18(14(3)9-12)10-17(25)11-28-20-21-22-23-24(20)16-6-4-15(5-7-16)19(26)27/h4-9H,10-11H2,1-3H3,(H,26,27). The number of aromatic carboxylic acids is 1. The quantitative estimate of drug-likeness (QED) is 0.612. The minimum Gasteiger partial charge on any atom is -0.478 e. The predicted octanol–water partition coefficient (Wildman–Crippen LogP) is 3.19. The average Bonchev–Trinajstić information content (AvgIpc) is 3.11. The summed E-state index contributed by atoms with van der Waals surface area (Å²) in [7, 11) is 0. The van der Waals surface area contributed by atoms with E-state index >= 15 is 0 Å². The first-order valence-electron chi connectivity index (χ1n) is 8.68. The molecule has 0 saturated carbocycles. The molecule has 1 heterocycles. The van der Waals surface area contributed by atoms with Crippen molar-refractivity contribution in [2.24, 2.45) is 0 Å². The maximum Gasteiger partial charge on any atom is 0.335 e. The summed E-state index contributed by atoms with van der Waals surface area (Å²) in [6.07, 6.45) is 0.375. The van der Waals surface area contributed by atoms with Crippen molar-refractivity contribution in [3.63, 3.8) is 0 Å². The molecular formula is C20H20N4O3S. The second-order valence-corrected chi connectivity index (χ2v) is 7.55. The minimum atomic E-state index is -0.995. The van der Waals surface area contributed by atoms with Gasteiger partial charge in [-0.05, 0) is 72.2 Å². The lowest BCUT2D eigenvalue weighted by Crippen LogP contribution is -2.10. The van der Waals surface area contributed by atoms with E-state index in [-0.39, 0.29) is 17.1 Å². The van der Waals surface area contributed by atoms with Crippen molar-refractivity contribution in [2.45, 2.75) is 32.3 Å². The summed E-state index contributed by atoms with van der Waals surface area (Å²) in [5.74, 6) is -0.652. The van der Waals surface area contributed by atoms with Crippen LogP contribution in [0.25, 0.3) is 5.69 Å². The number of thioether (sulfide) groups is 1. The Bertz CT molecular complexity index is 1010. The summed E-state index contributed by atoms with van der Waals surface area (Å²) in [5.41, 5.74) is 5.33. The first-order valence-corrected chi connectivity index (χ1v) is 9.67. The number of carboxylic acids is 1. The van der Waals surface area contributed by atoms with Crippen LogP contribution >= 0.6 is 11.8 Å². The summed E-state index contributed by atoms with van der Waals surface area (Å²) in [4.78, 5) is 23.5. The number of hydrogen-bond acceptors (Lipinski definition) is 6. The summed E-state index contributed by atoms with van der Waals surface area (Å²) in [6.45, 7) is 6.10. The van der Waals surface area contributed by atoms with Crippen molar-refractivity contribution in [2.75, 3.05) is 5.75 Å². The van der Waals surface area contributed by atoms with Crippen molar-refractivity contribution in [3.05, 3.63) is 64.2 Å². The Kier molecular flexibility index (Phi) is 5.89. The molecule has 0 bridgehead atoms. The van der Waals surface area contributed by atoms with Crippen molar-refractivity contribution < 1.29 is 14.7 Å². The Morgan fingerprint density at radius 2 is 1.71 bits per heavy atom. The first kappa shape index (κ1) is 19.8. The summed E-state index contributed by atoms with van der Waals surface area (Å²) >= 11 is 1.26. The van der Waals surface area contributed by atoms with Crippen molar-refractivity contribution >= 4 is 23.5 Å². The van der Waals surface area contributed by atoms with E-state index in [0.717, 1.165) is 16.7 Å². The van der Waals surface area contributed by atoms with E-state index in [0.29, 0.717) is 17.3 Å². The maximum atomic E-state index is 12.5. The number of Topliss-reactive ketones (excluding diaryl/α,β-unsaturated/α-hetero) is 1. The molecule has 2 aromatic carbocycles. The molecule has 0 spiro atoms. The van der Waals surface area contributed by atoms with Crippen LogP contribution in [0.5, 0.6) is 0 Å². The third kappa shape index (κ3) is 4.45. The molecule has 0 saturated heterocycles. The molecule has 8 heteroatoms. The van der Waals surface area contributed by atoms with Gasteiger partial charge in [-0.3, -0.25) is 4.79 Å². The Morgan fingerprint density at radius 1 is 1.07 bits per heavy atom. The van der Waals surface area contributed by atoms with Crippen LogP contribution in [0.2, 0.25) is 0 Å². The van der Waals surface area contributed by atoms with Crippen LogP contribution in [0.1, 0.15) is 32.6 Å². The molecule has 0 aliphatic heterocycles. The normalized spacial score (nSPS) is 10.8. The zero-order valence-electron chi connectivity index (χ0n) is 15.8. The van der Waals surface area contributed by atoms with E-state index in [1.807, 2.05) is 20.8 Å². The molecule has 3 rings (SSSR count). The van der Waals surface area contributed by atoms with E-state index < -0.39 is 5.97 Å². The second-order valence-electron chi connectivity index (χ2n) is 6.61. The molecule has 28 heavy (non-hydrogen) atoms. The summed E-state index contributed by atoms with van der Waals surface area (Å²) in [5, 5.41) is 21.1. The molecule has 0 aliphatic rings. The monoisotopic (exact) mass is 396 g/mol. The lowest BCUT2D eigenvalue weighted by atomic mass is 9.96. The van der Waals surface area contributed by atoms with E-state index in [4.69, 9.17) is 5.11 Å². The molecular weight excluding hydrogens is 376 g/mol. The van der Waals surface area contributed by atoms with Gasteiger partial charge in [0.1, 0.15) is 5.78 Å². The molecule has 0 aliphatic carbocycles. The smallest absolute Gasteiger partial charge is 0.335 e. The number of carboxylic acid groups (broad SMARTS) is 1. The molecule has 0 fully saturated rings.